The molecule has 5 atom stereocenters. The number of amides is 1. The number of hydrogen-bond donors (Lipinski definition) is 5. The van der Waals surface area contributed by atoms with Gasteiger partial charge >= 0.3 is 5.97 Å². The lowest BCUT2D eigenvalue weighted by Gasteiger charge is -2.42. The highest BCUT2D eigenvalue weighted by molar-refractivity contribution is 5.76. The van der Waals surface area contributed by atoms with Crippen molar-refractivity contribution in [3.05, 3.63) is 0 Å². The first-order valence-electron chi connectivity index (χ1n) is 5.92. The summed E-state index contributed by atoms with van der Waals surface area (Å²) in [5, 5.41) is 40.3. The topological polar surface area (TPSA) is 136 Å². The molecular formula is C11H19NO7. The summed E-state index contributed by atoms with van der Waals surface area (Å²) in [7, 11) is 0. The van der Waals surface area contributed by atoms with E-state index in [2.05, 4.69) is 5.32 Å². The number of ether oxygens (including phenoxy) is 1. The minimum Gasteiger partial charge on any atom is -0.477 e. The fourth-order valence-corrected chi connectivity index (χ4v) is 2.12. The summed E-state index contributed by atoms with van der Waals surface area (Å²) < 4.78 is 5.05. The first kappa shape index (κ1) is 15.8. The van der Waals surface area contributed by atoms with Crippen molar-refractivity contribution in [3.63, 3.8) is 0 Å². The summed E-state index contributed by atoms with van der Waals surface area (Å²) in [6.07, 6.45) is -3.73. The van der Waals surface area contributed by atoms with E-state index in [4.69, 9.17) is 9.84 Å². The maximum absolute atomic E-state index is 11.1. The van der Waals surface area contributed by atoms with Crippen LogP contribution in [0.5, 0.6) is 0 Å². The van der Waals surface area contributed by atoms with Gasteiger partial charge in [0.25, 0.3) is 5.79 Å². The van der Waals surface area contributed by atoms with Crippen LogP contribution in [0.4, 0.5) is 0 Å². The smallest absolute Gasteiger partial charge is 0.364 e. The fraction of sp³-hybridized carbons (Fsp3) is 0.818. The van der Waals surface area contributed by atoms with Gasteiger partial charge in [0.05, 0.1) is 24.4 Å². The molecule has 1 amide bonds. The van der Waals surface area contributed by atoms with E-state index >= 15 is 0 Å². The fourth-order valence-electron chi connectivity index (χ4n) is 2.12. The molecule has 19 heavy (non-hydrogen) atoms. The maximum atomic E-state index is 11.1. The molecule has 1 fully saturated rings. The first-order valence-corrected chi connectivity index (χ1v) is 5.92. The van der Waals surface area contributed by atoms with E-state index in [-0.39, 0.29) is 6.42 Å². The van der Waals surface area contributed by atoms with E-state index < -0.39 is 48.4 Å². The number of rotatable bonds is 4. The van der Waals surface area contributed by atoms with Crippen molar-refractivity contribution in [1.82, 2.24) is 5.32 Å². The zero-order chi connectivity index (χ0) is 14.8. The van der Waals surface area contributed by atoms with Gasteiger partial charge in [-0.1, -0.05) is 0 Å². The summed E-state index contributed by atoms with van der Waals surface area (Å²) in [6.45, 7) is 2.69. The second kappa shape index (κ2) is 5.83. The minimum absolute atomic E-state index is 0.0302. The van der Waals surface area contributed by atoms with E-state index in [1.165, 1.54) is 13.8 Å². The largest absolute Gasteiger partial charge is 0.477 e. The number of hydrogen-bond acceptors (Lipinski definition) is 6. The number of carboxylic acids is 1. The Morgan fingerprint density at radius 3 is 2.53 bits per heavy atom. The van der Waals surface area contributed by atoms with Gasteiger partial charge in [0, 0.05) is 19.8 Å². The molecule has 110 valence electrons. The molecule has 0 spiro atoms. The van der Waals surface area contributed by atoms with Crippen molar-refractivity contribution in [1.29, 1.82) is 0 Å². The Hall–Kier alpha value is -1.22. The monoisotopic (exact) mass is 277 g/mol. The molecule has 1 saturated heterocycles. The highest BCUT2D eigenvalue weighted by atomic mass is 16.7. The average molecular weight is 277 g/mol. The van der Waals surface area contributed by atoms with Gasteiger partial charge in [-0.2, -0.15) is 0 Å². The molecule has 1 aliphatic rings. The zero-order valence-corrected chi connectivity index (χ0v) is 10.7. The molecule has 8 nitrogen and oxygen atoms in total. The molecule has 0 aromatic carbocycles. The number of nitrogens with one attached hydrogen (secondary N) is 1. The molecule has 0 aromatic rings. The highest BCUT2D eigenvalue weighted by Gasteiger charge is 2.51. The van der Waals surface area contributed by atoms with Crippen molar-refractivity contribution < 1.29 is 34.8 Å². The van der Waals surface area contributed by atoms with Gasteiger partial charge in [-0.05, 0) is 6.92 Å². The molecule has 8 heteroatoms. The third-order valence-electron chi connectivity index (χ3n) is 2.92. The lowest BCUT2D eigenvalue weighted by Crippen LogP contribution is -2.63. The van der Waals surface area contributed by atoms with E-state index in [1.807, 2.05) is 0 Å². The van der Waals surface area contributed by atoms with Crippen LogP contribution in [0.15, 0.2) is 0 Å². The Morgan fingerprint density at radius 1 is 1.53 bits per heavy atom. The quantitative estimate of drug-likeness (QED) is 0.408. The van der Waals surface area contributed by atoms with Crippen LogP contribution in [-0.2, 0) is 14.3 Å². The predicted molar refractivity (Wildman–Crippen MR) is 62.0 cm³/mol. The Bertz CT molecular complexity index is 359. The molecule has 1 rings (SSSR count). The molecule has 0 bridgehead atoms. The predicted octanol–water partition coefficient (Wildman–Crippen LogP) is -1.81. The molecule has 0 radical (unpaired) electrons. The summed E-state index contributed by atoms with van der Waals surface area (Å²) in [5.74, 6) is -4.57. The molecule has 0 saturated carbocycles. The Labute approximate surface area is 110 Å². The molecule has 5 N–H and O–H groups in total. The van der Waals surface area contributed by atoms with Crippen molar-refractivity contribution >= 4 is 11.9 Å². The molecule has 1 heterocycles. The summed E-state index contributed by atoms with van der Waals surface area (Å²) in [6, 6.07) is -0.883. The van der Waals surface area contributed by atoms with Crippen LogP contribution in [0.25, 0.3) is 0 Å². The van der Waals surface area contributed by atoms with Crippen molar-refractivity contribution in [2.24, 2.45) is 0 Å². The normalized spacial score (nSPS) is 36.6. The van der Waals surface area contributed by atoms with Crippen molar-refractivity contribution in [2.75, 3.05) is 0 Å². The third-order valence-corrected chi connectivity index (χ3v) is 2.92. The number of aliphatic carboxylic acids is 1. The van der Waals surface area contributed by atoms with E-state index in [9.17, 15) is 24.9 Å². The van der Waals surface area contributed by atoms with Gasteiger partial charge in [0.2, 0.25) is 5.91 Å². The van der Waals surface area contributed by atoms with Crippen LogP contribution in [0.2, 0.25) is 0 Å². The summed E-state index contributed by atoms with van der Waals surface area (Å²) >= 11 is 0. The van der Waals surface area contributed by atoms with Crippen molar-refractivity contribution in [3.8, 4) is 0 Å². The SMILES string of the molecule is CC(=O)N[C@H]1[C@H](C[C@@H](C)O)O[C@](O)(C(=O)O)C[C@@H]1O. The van der Waals surface area contributed by atoms with Gasteiger partial charge < -0.3 is 30.5 Å². The van der Waals surface area contributed by atoms with E-state index in [1.54, 1.807) is 0 Å². The second-order valence-electron chi connectivity index (χ2n) is 4.83. The standard InChI is InChI=1S/C11H19NO7/c1-5(13)3-8-9(12-6(2)14)7(15)4-11(18,19-8)10(16)17/h5,7-9,13,15,18H,3-4H2,1-2H3,(H,12,14)(H,16,17)/t5-,7+,8+,9-,11+/m1/s1. The van der Waals surface area contributed by atoms with Crippen LogP contribution in [-0.4, -0.2) is 62.4 Å². The first-order chi connectivity index (χ1) is 8.65. The summed E-state index contributed by atoms with van der Waals surface area (Å²) in [5.41, 5.74) is 0. The number of carbonyl (C=O) groups is 2. The van der Waals surface area contributed by atoms with Crippen LogP contribution in [0.1, 0.15) is 26.7 Å². The molecule has 0 aliphatic carbocycles. The van der Waals surface area contributed by atoms with Crippen LogP contribution in [0, 0.1) is 0 Å². The summed E-state index contributed by atoms with van der Waals surface area (Å²) in [4.78, 5) is 22.0. The molecule has 0 unspecified atom stereocenters. The maximum Gasteiger partial charge on any atom is 0.364 e. The van der Waals surface area contributed by atoms with Crippen LogP contribution in [0.3, 0.4) is 0 Å². The molecular weight excluding hydrogens is 258 g/mol. The minimum atomic E-state index is -2.52. The van der Waals surface area contributed by atoms with Crippen LogP contribution < -0.4 is 5.32 Å². The number of aliphatic hydroxyl groups is 3. The lowest BCUT2D eigenvalue weighted by molar-refractivity contribution is -0.279. The number of aliphatic hydroxyl groups excluding tert-OH is 2. The Kier molecular flexibility index (Phi) is 4.86. The third kappa shape index (κ3) is 3.87. The van der Waals surface area contributed by atoms with Gasteiger partial charge in [0.15, 0.2) is 0 Å². The number of carbonyl (C=O) groups excluding carboxylic acids is 1. The highest BCUT2D eigenvalue weighted by Crippen LogP contribution is 2.30. The van der Waals surface area contributed by atoms with Crippen molar-refractivity contribution in [2.45, 2.75) is 56.8 Å². The Balaban J connectivity index is 2.93. The van der Waals surface area contributed by atoms with Crippen LogP contribution >= 0.6 is 0 Å². The van der Waals surface area contributed by atoms with E-state index in [0.717, 1.165) is 0 Å². The Morgan fingerprint density at radius 2 is 2.11 bits per heavy atom. The van der Waals surface area contributed by atoms with Gasteiger partial charge in [0.1, 0.15) is 0 Å². The second-order valence-corrected chi connectivity index (χ2v) is 4.83. The van der Waals surface area contributed by atoms with Gasteiger partial charge in [-0.25, -0.2) is 4.79 Å². The lowest BCUT2D eigenvalue weighted by atomic mass is 9.90. The number of carboxylic acid groups (broad SMARTS) is 1. The van der Waals surface area contributed by atoms with E-state index in [0.29, 0.717) is 0 Å². The van der Waals surface area contributed by atoms with Gasteiger partial charge in [-0.15, -0.1) is 0 Å². The average Bonchev–Trinajstić information content (AvgIpc) is 2.21. The molecule has 1 aliphatic heterocycles. The molecule has 0 aromatic heterocycles. The zero-order valence-electron chi connectivity index (χ0n) is 10.7. The van der Waals surface area contributed by atoms with Gasteiger partial charge in [-0.3, -0.25) is 4.79 Å².